The van der Waals surface area contributed by atoms with Gasteiger partial charge < -0.3 is 5.32 Å². The van der Waals surface area contributed by atoms with Crippen molar-refractivity contribution in [3.8, 4) is 0 Å². The highest BCUT2D eigenvalue weighted by Gasteiger charge is 2.11. The number of halogens is 1. The maximum Gasteiger partial charge on any atom is 0.257 e. The van der Waals surface area contributed by atoms with Crippen LogP contribution in [0.5, 0.6) is 0 Å². The molecule has 0 saturated carbocycles. The van der Waals surface area contributed by atoms with E-state index in [0.29, 0.717) is 5.56 Å². The van der Waals surface area contributed by atoms with Gasteiger partial charge in [-0.25, -0.2) is 0 Å². The predicted molar refractivity (Wildman–Crippen MR) is 83.2 cm³/mol. The lowest BCUT2D eigenvalue weighted by atomic mass is 10.1. The van der Waals surface area contributed by atoms with Crippen LogP contribution in [0.4, 0.5) is 5.69 Å². The highest BCUT2D eigenvalue weighted by Crippen LogP contribution is 2.18. The molecule has 0 bridgehead atoms. The zero-order valence-corrected chi connectivity index (χ0v) is 12.0. The average molecular weight is 363 g/mol. The van der Waals surface area contributed by atoms with Crippen LogP contribution in [0.3, 0.4) is 0 Å². The summed E-state index contributed by atoms with van der Waals surface area (Å²) in [6, 6.07) is 13.2. The quantitative estimate of drug-likeness (QED) is 0.686. The number of aromatic nitrogens is 2. The second-order valence-electron chi connectivity index (χ2n) is 4.10. The van der Waals surface area contributed by atoms with E-state index in [1.165, 1.54) is 0 Å². The predicted octanol–water partition coefficient (Wildman–Crippen LogP) is 3.42. The van der Waals surface area contributed by atoms with Gasteiger partial charge in [0.25, 0.3) is 5.91 Å². The molecule has 0 fully saturated rings. The van der Waals surface area contributed by atoms with Crippen molar-refractivity contribution in [2.75, 3.05) is 5.32 Å². The van der Waals surface area contributed by atoms with Crippen molar-refractivity contribution >= 4 is 45.1 Å². The molecule has 0 aliphatic rings. The van der Waals surface area contributed by atoms with Crippen LogP contribution >= 0.6 is 22.6 Å². The number of carbonyl (C=O) groups is 1. The van der Waals surface area contributed by atoms with Crippen molar-refractivity contribution in [1.82, 2.24) is 10.2 Å². The van der Waals surface area contributed by atoms with Gasteiger partial charge in [-0.05, 0) is 46.9 Å². The molecular formula is C14H10IN3O. The summed E-state index contributed by atoms with van der Waals surface area (Å²) in [5.41, 5.74) is 2.13. The standard InChI is InChI=1S/C14H10IN3O/c15-10-4-2-5-11(7-10)17-14(19)12-6-1-3-9-8-16-18-13(9)12/h1-8H,(H,16,18)(H,17,19). The third kappa shape index (κ3) is 2.46. The maximum absolute atomic E-state index is 12.3. The molecule has 1 aromatic heterocycles. The van der Waals surface area contributed by atoms with Gasteiger partial charge in [0.05, 0.1) is 17.3 Å². The van der Waals surface area contributed by atoms with Crippen LogP contribution in [0.15, 0.2) is 48.7 Å². The Morgan fingerprint density at radius 2 is 2.05 bits per heavy atom. The van der Waals surface area contributed by atoms with E-state index in [2.05, 4.69) is 38.1 Å². The number of hydrogen-bond donors (Lipinski definition) is 2. The average Bonchev–Trinajstić information content (AvgIpc) is 2.86. The van der Waals surface area contributed by atoms with Crippen molar-refractivity contribution in [3.63, 3.8) is 0 Å². The maximum atomic E-state index is 12.3. The third-order valence-corrected chi connectivity index (χ3v) is 3.47. The van der Waals surface area contributed by atoms with Crippen LogP contribution in [0.1, 0.15) is 10.4 Å². The zero-order chi connectivity index (χ0) is 13.2. The van der Waals surface area contributed by atoms with Crippen LogP contribution in [0.25, 0.3) is 10.9 Å². The molecule has 0 unspecified atom stereocenters. The molecule has 1 heterocycles. The number of carbonyl (C=O) groups excluding carboxylic acids is 1. The topological polar surface area (TPSA) is 57.8 Å². The Kier molecular flexibility index (Phi) is 3.20. The Balaban J connectivity index is 1.94. The van der Waals surface area contributed by atoms with Gasteiger partial charge in [-0.2, -0.15) is 5.10 Å². The lowest BCUT2D eigenvalue weighted by molar-refractivity contribution is 0.102. The van der Waals surface area contributed by atoms with Crippen molar-refractivity contribution in [3.05, 3.63) is 57.8 Å². The summed E-state index contributed by atoms with van der Waals surface area (Å²) in [7, 11) is 0. The molecule has 94 valence electrons. The first-order chi connectivity index (χ1) is 9.24. The molecule has 0 atom stereocenters. The van der Waals surface area contributed by atoms with Crippen LogP contribution in [0, 0.1) is 3.57 Å². The molecule has 0 radical (unpaired) electrons. The first kappa shape index (κ1) is 12.2. The monoisotopic (exact) mass is 363 g/mol. The summed E-state index contributed by atoms with van der Waals surface area (Å²) in [6.45, 7) is 0. The number of fused-ring (bicyclic) bond motifs is 1. The Hall–Kier alpha value is -1.89. The Morgan fingerprint density at radius 3 is 2.89 bits per heavy atom. The molecule has 0 spiro atoms. The van der Waals surface area contributed by atoms with Gasteiger partial charge in [0, 0.05) is 14.6 Å². The molecule has 3 aromatic rings. The smallest absolute Gasteiger partial charge is 0.257 e. The molecule has 2 aromatic carbocycles. The molecular weight excluding hydrogens is 353 g/mol. The summed E-state index contributed by atoms with van der Waals surface area (Å²) in [5.74, 6) is -0.142. The van der Waals surface area contributed by atoms with Gasteiger partial charge in [-0.15, -0.1) is 0 Å². The fourth-order valence-corrected chi connectivity index (χ4v) is 2.47. The largest absolute Gasteiger partial charge is 0.322 e. The van der Waals surface area contributed by atoms with Crippen molar-refractivity contribution < 1.29 is 4.79 Å². The van der Waals surface area contributed by atoms with Crippen molar-refractivity contribution in [1.29, 1.82) is 0 Å². The normalized spacial score (nSPS) is 10.6. The van der Waals surface area contributed by atoms with E-state index < -0.39 is 0 Å². The molecule has 0 aliphatic heterocycles. The van der Waals surface area contributed by atoms with Crippen LogP contribution in [0.2, 0.25) is 0 Å². The summed E-state index contributed by atoms with van der Waals surface area (Å²) in [5, 5.41) is 10.6. The minimum absolute atomic E-state index is 0.142. The minimum Gasteiger partial charge on any atom is -0.322 e. The third-order valence-electron chi connectivity index (χ3n) is 2.80. The number of nitrogens with one attached hydrogen (secondary N) is 2. The highest BCUT2D eigenvalue weighted by atomic mass is 127. The highest BCUT2D eigenvalue weighted by molar-refractivity contribution is 14.1. The number of rotatable bonds is 2. The molecule has 3 rings (SSSR count). The lowest BCUT2D eigenvalue weighted by Crippen LogP contribution is -2.12. The first-order valence-electron chi connectivity index (χ1n) is 5.73. The van der Waals surface area contributed by atoms with Gasteiger partial charge in [0.2, 0.25) is 0 Å². The SMILES string of the molecule is O=C(Nc1cccc(I)c1)c1cccc2cn[nH]c12. The fraction of sp³-hybridized carbons (Fsp3) is 0. The van der Waals surface area contributed by atoms with Gasteiger partial charge >= 0.3 is 0 Å². The van der Waals surface area contributed by atoms with E-state index in [4.69, 9.17) is 0 Å². The zero-order valence-electron chi connectivity index (χ0n) is 9.85. The molecule has 2 N–H and O–H groups in total. The van der Waals surface area contributed by atoms with E-state index in [-0.39, 0.29) is 5.91 Å². The lowest BCUT2D eigenvalue weighted by Gasteiger charge is -2.06. The molecule has 4 nitrogen and oxygen atoms in total. The Morgan fingerprint density at radius 1 is 1.21 bits per heavy atom. The fourth-order valence-electron chi connectivity index (χ4n) is 1.92. The Bertz CT molecular complexity index is 751. The summed E-state index contributed by atoms with van der Waals surface area (Å²) in [6.07, 6.45) is 1.71. The first-order valence-corrected chi connectivity index (χ1v) is 6.81. The van der Waals surface area contributed by atoms with Crippen molar-refractivity contribution in [2.45, 2.75) is 0 Å². The second-order valence-corrected chi connectivity index (χ2v) is 5.35. The minimum atomic E-state index is -0.142. The van der Waals surface area contributed by atoms with Gasteiger partial charge in [-0.3, -0.25) is 9.89 Å². The summed E-state index contributed by atoms with van der Waals surface area (Å²) in [4.78, 5) is 12.3. The molecule has 5 heteroatoms. The summed E-state index contributed by atoms with van der Waals surface area (Å²) >= 11 is 2.21. The molecule has 0 aliphatic carbocycles. The number of benzene rings is 2. The van der Waals surface area contributed by atoms with E-state index in [9.17, 15) is 4.79 Å². The van der Waals surface area contributed by atoms with E-state index in [1.807, 2.05) is 36.4 Å². The van der Waals surface area contributed by atoms with E-state index in [0.717, 1.165) is 20.2 Å². The van der Waals surface area contributed by atoms with Crippen LogP contribution in [-0.4, -0.2) is 16.1 Å². The number of amides is 1. The molecule has 1 amide bonds. The number of hydrogen-bond acceptors (Lipinski definition) is 2. The number of nitrogens with zero attached hydrogens (tertiary/aromatic N) is 1. The second kappa shape index (κ2) is 5.00. The van der Waals surface area contributed by atoms with E-state index >= 15 is 0 Å². The van der Waals surface area contributed by atoms with Crippen LogP contribution in [-0.2, 0) is 0 Å². The number of anilines is 1. The van der Waals surface area contributed by atoms with Crippen LogP contribution < -0.4 is 5.32 Å². The Labute approximate surface area is 123 Å². The van der Waals surface area contributed by atoms with Gasteiger partial charge in [-0.1, -0.05) is 18.2 Å². The molecule has 0 saturated heterocycles. The summed E-state index contributed by atoms with van der Waals surface area (Å²) < 4.78 is 1.08. The van der Waals surface area contributed by atoms with Gasteiger partial charge in [0.15, 0.2) is 0 Å². The van der Waals surface area contributed by atoms with Crippen molar-refractivity contribution in [2.24, 2.45) is 0 Å². The number of aromatic amines is 1. The number of para-hydroxylation sites is 1. The molecule has 19 heavy (non-hydrogen) atoms. The van der Waals surface area contributed by atoms with E-state index in [1.54, 1.807) is 12.3 Å². The van der Waals surface area contributed by atoms with Gasteiger partial charge in [0.1, 0.15) is 0 Å². The number of H-pyrrole nitrogens is 1.